The Balaban J connectivity index is 0.000000131. The summed E-state index contributed by atoms with van der Waals surface area (Å²) in [5, 5.41) is 0.434. The molecule has 2 aromatic heterocycles. The molecular formula is C16H12ClN5. The first-order valence-electron chi connectivity index (χ1n) is 6.57. The summed E-state index contributed by atoms with van der Waals surface area (Å²) in [6, 6.07) is 15.2. The molecule has 0 amide bonds. The molecule has 0 fully saturated rings. The molecule has 0 aliphatic rings. The second-order valence-corrected chi connectivity index (χ2v) is 4.85. The third-order valence-electron chi connectivity index (χ3n) is 2.89. The van der Waals surface area contributed by atoms with E-state index in [0.29, 0.717) is 11.0 Å². The van der Waals surface area contributed by atoms with E-state index in [9.17, 15) is 0 Å². The van der Waals surface area contributed by atoms with Gasteiger partial charge in [0.25, 0.3) is 0 Å². The van der Waals surface area contributed by atoms with Crippen LogP contribution in [-0.4, -0.2) is 19.9 Å². The van der Waals surface area contributed by atoms with Gasteiger partial charge in [0.05, 0.1) is 34.5 Å². The monoisotopic (exact) mass is 309 g/mol. The smallest absolute Gasteiger partial charge is 0.148 e. The fourth-order valence-corrected chi connectivity index (χ4v) is 2.05. The van der Waals surface area contributed by atoms with Crippen molar-refractivity contribution in [2.24, 2.45) is 0 Å². The van der Waals surface area contributed by atoms with Crippen molar-refractivity contribution < 1.29 is 0 Å². The zero-order valence-corrected chi connectivity index (χ0v) is 12.3. The molecule has 2 aromatic carbocycles. The van der Waals surface area contributed by atoms with Crippen molar-refractivity contribution in [3.63, 3.8) is 0 Å². The van der Waals surface area contributed by atoms with Gasteiger partial charge in [-0.2, -0.15) is 0 Å². The topological polar surface area (TPSA) is 77.6 Å². The molecule has 0 aliphatic heterocycles. The van der Waals surface area contributed by atoms with Crippen LogP contribution >= 0.6 is 11.6 Å². The maximum absolute atomic E-state index is 5.65. The molecule has 0 saturated carbocycles. The molecule has 4 aromatic rings. The minimum absolute atomic E-state index is 0.434. The van der Waals surface area contributed by atoms with E-state index in [0.717, 1.165) is 22.1 Å². The Kier molecular flexibility index (Phi) is 4.07. The number of halogens is 1. The summed E-state index contributed by atoms with van der Waals surface area (Å²) in [6.07, 6.45) is 3.10. The Morgan fingerprint density at radius 2 is 1.18 bits per heavy atom. The van der Waals surface area contributed by atoms with Gasteiger partial charge in [-0.25, -0.2) is 9.97 Å². The van der Waals surface area contributed by atoms with E-state index in [-0.39, 0.29) is 0 Å². The summed E-state index contributed by atoms with van der Waals surface area (Å²) < 4.78 is 0. The molecule has 0 radical (unpaired) electrons. The van der Waals surface area contributed by atoms with E-state index in [1.54, 1.807) is 12.4 Å². The maximum Gasteiger partial charge on any atom is 0.148 e. The lowest BCUT2D eigenvalue weighted by atomic mass is 10.3. The fourth-order valence-electron chi connectivity index (χ4n) is 1.91. The lowest BCUT2D eigenvalue weighted by molar-refractivity contribution is 1.29. The molecule has 6 heteroatoms. The summed E-state index contributed by atoms with van der Waals surface area (Å²) in [6.45, 7) is 0. The summed E-state index contributed by atoms with van der Waals surface area (Å²) in [4.78, 5) is 16.3. The van der Waals surface area contributed by atoms with Gasteiger partial charge in [0.1, 0.15) is 11.0 Å². The molecule has 108 valence electrons. The van der Waals surface area contributed by atoms with E-state index >= 15 is 0 Å². The molecular weight excluding hydrogens is 298 g/mol. The Hall–Kier alpha value is -2.79. The summed E-state index contributed by atoms with van der Waals surface area (Å²) in [5.41, 5.74) is 8.87. The standard InChI is InChI=1S/C8H5ClN2.C8H7N3/c2*9-8-5-10-6-3-1-2-4-7(6)11-8/h1-5H;1-5H,(H2,9,11). The first-order valence-corrected chi connectivity index (χ1v) is 6.95. The molecule has 0 unspecified atom stereocenters. The summed E-state index contributed by atoms with van der Waals surface area (Å²) in [5.74, 6) is 0.462. The van der Waals surface area contributed by atoms with Crippen LogP contribution in [0.2, 0.25) is 5.15 Å². The molecule has 0 saturated heterocycles. The van der Waals surface area contributed by atoms with Crippen LogP contribution in [0, 0.1) is 0 Å². The number of nitrogens with zero attached hydrogens (tertiary/aromatic N) is 4. The van der Waals surface area contributed by atoms with Gasteiger partial charge in [-0.3, -0.25) is 9.97 Å². The fraction of sp³-hybridized carbons (Fsp3) is 0. The molecule has 0 spiro atoms. The van der Waals surface area contributed by atoms with E-state index in [1.807, 2.05) is 48.5 Å². The van der Waals surface area contributed by atoms with Gasteiger partial charge in [0.15, 0.2) is 0 Å². The van der Waals surface area contributed by atoms with Gasteiger partial charge in [0.2, 0.25) is 0 Å². The molecule has 4 rings (SSSR count). The molecule has 2 heterocycles. The van der Waals surface area contributed by atoms with Crippen LogP contribution in [0.5, 0.6) is 0 Å². The van der Waals surface area contributed by atoms with Crippen LogP contribution in [0.1, 0.15) is 0 Å². The van der Waals surface area contributed by atoms with Crippen molar-refractivity contribution in [2.75, 3.05) is 5.73 Å². The van der Waals surface area contributed by atoms with Gasteiger partial charge in [-0.05, 0) is 24.3 Å². The van der Waals surface area contributed by atoms with Gasteiger partial charge >= 0.3 is 0 Å². The van der Waals surface area contributed by atoms with E-state index in [1.165, 1.54) is 0 Å². The number of nitrogen functional groups attached to an aromatic ring is 1. The van der Waals surface area contributed by atoms with Crippen molar-refractivity contribution in [2.45, 2.75) is 0 Å². The largest absolute Gasteiger partial charge is 0.382 e. The Labute approximate surface area is 131 Å². The van der Waals surface area contributed by atoms with Crippen LogP contribution < -0.4 is 5.73 Å². The van der Waals surface area contributed by atoms with Crippen molar-refractivity contribution in [1.82, 2.24) is 19.9 Å². The van der Waals surface area contributed by atoms with Gasteiger partial charge < -0.3 is 5.73 Å². The SMILES string of the molecule is Clc1cnc2ccccc2n1.Nc1cnc2ccccc2n1. The molecule has 0 atom stereocenters. The van der Waals surface area contributed by atoms with Crippen LogP contribution in [0.3, 0.4) is 0 Å². The number of aromatic nitrogens is 4. The Morgan fingerprint density at radius 3 is 1.82 bits per heavy atom. The molecule has 5 nitrogen and oxygen atoms in total. The van der Waals surface area contributed by atoms with Gasteiger partial charge in [-0.15, -0.1) is 0 Å². The van der Waals surface area contributed by atoms with Crippen molar-refractivity contribution in [3.8, 4) is 0 Å². The lowest BCUT2D eigenvalue weighted by Crippen LogP contribution is -1.91. The van der Waals surface area contributed by atoms with Crippen molar-refractivity contribution in [1.29, 1.82) is 0 Å². The molecule has 0 bridgehead atoms. The molecule has 22 heavy (non-hydrogen) atoms. The number of anilines is 1. The quantitative estimate of drug-likeness (QED) is 0.538. The van der Waals surface area contributed by atoms with E-state index < -0.39 is 0 Å². The third kappa shape index (κ3) is 3.27. The number of hydrogen-bond donors (Lipinski definition) is 1. The van der Waals surface area contributed by atoms with Crippen LogP contribution in [0.4, 0.5) is 5.82 Å². The van der Waals surface area contributed by atoms with Gasteiger partial charge in [-0.1, -0.05) is 35.9 Å². The highest BCUT2D eigenvalue weighted by atomic mass is 35.5. The van der Waals surface area contributed by atoms with Crippen LogP contribution in [0.15, 0.2) is 60.9 Å². The Morgan fingerprint density at radius 1 is 0.682 bits per heavy atom. The number of rotatable bonds is 0. The number of para-hydroxylation sites is 4. The second kappa shape index (κ2) is 6.32. The Bertz CT molecular complexity index is 849. The highest BCUT2D eigenvalue weighted by Gasteiger charge is 1.94. The first-order chi connectivity index (χ1) is 10.7. The summed E-state index contributed by atoms with van der Waals surface area (Å²) >= 11 is 5.65. The van der Waals surface area contributed by atoms with Crippen molar-refractivity contribution in [3.05, 3.63) is 66.1 Å². The predicted molar refractivity (Wildman–Crippen MR) is 88.5 cm³/mol. The number of nitrogens with two attached hydrogens (primary N) is 1. The summed E-state index contributed by atoms with van der Waals surface area (Å²) in [7, 11) is 0. The number of benzene rings is 2. The first kappa shape index (κ1) is 14.2. The zero-order valence-electron chi connectivity index (χ0n) is 11.5. The molecule has 2 N–H and O–H groups in total. The normalized spacial score (nSPS) is 10.2. The minimum atomic E-state index is 0.434. The highest BCUT2D eigenvalue weighted by molar-refractivity contribution is 6.29. The average Bonchev–Trinajstić information content (AvgIpc) is 2.55. The predicted octanol–water partition coefficient (Wildman–Crippen LogP) is 3.50. The third-order valence-corrected chi connectivity index (χ3v) is 3.07. The van der Waals surface area contributed by atoms with Gasteiger partial charge in [0, 0.05) is 0 Å². The minimum Gasteiger partial charge on any atom is -0.382 e. The number of fused-ring (bicyclic) bond motifs is 2. The van der Waals surface area contributed by atoms with Crippen molar-refractivity contribution >= 4 is 39.5 Å². The average molecular weight is 310 g/mol. The maximum atomic E-state index is 5.65. The number of hydrogen-bond acceptors (Lipinski definition) is 5. The second-order valence-electron chi connectivity index (χ2n) is 4.47. The van der Waals surface area contributed by atoms with Crippen LogP contribution in [0.25, 0.3) is 22.1 Å². The molecule has 0 aliphatic carbocycles. The van der Waals surface area contributed by atoms with E-state index in [4.69, 9.17) is 17.3 Å². The lowest BCUT2D eigenvalue weighted by Gasteiger charge is -1.94. The van der Waals surface area contributed by atoms with Crippen LogP contribution in [-0.2, 0) is 0 Å². The zero-order chi connectivity index (χ0) is 15.4. The van der Waals surface area contributed by atoms with E-state index in [2.05, 4.69) is 19.9 Å². The highest BCUT2D eigenvalue weighted by Crippen LogP contribution is 2.10.